The molecule has 1 saturated heterocycles. The first-order valence-electron chi connectivity index (χ1n) is 7.27. The predicted octanol–water partition coefficient (Wildman–Crippen LogP) is 1.28. The van der Waals surface area contributed by atoms with E-state index in [9.17, 15) is 0 Å². The molecule has 3 N–H and O–H groups in total. The summed E-state index contributed by atoms with van der Waals surface area (Å²) >= 11 is 0. The Labute approximate surface area is 119 Å². The smallest absolute Gasteiger partial charge is 0.231 e. The van der Waals surface area contributed by atoms with Gasteiger partial charge in [0.05, 0.1) is 6.10 Å². The summed E-state index contributed by atoms with van der Waals surface area (Å²) in [4.78, 5) is 14.9. The van der Waals surface area contributed by atoms with Crippen LogP contribution >= 0.6 is 0 Å². The van der Waals surface area contributed by atoms with Gasteiger partial charge < -0.3 is 20.7 Å². The van der Waals surface area contributed by atoms with Gasteiger partial charge in [-0.05, 0) is 33.6 Å². The molecule has 0 bridgehead atoms. The van der Waals surface area contributed by atoms with E-state index in [0.717, 1.165) is 32.5 Å². The molecule has 0 spiro atoms. The first-order valence-corrected chi connectivity index (χ1v) is 7.27. The largest absolute Gasteiger partial charge is 0.378 e. The molecule has 112 valence electrons. The molecule has 0 radical (unpaired) electrons. The van der Waals surface area contributed by atoms with E-state index in [0.29, 0.717) is 17.9 Å². The van der Waals surface area contributed by atoms with Gasteiger partial charge in [0.2, 0.25) is 17.8 Å². The standard InChI is InChI=1S/C13H24N6O/c1-4-19(5-2)13-17-11(14)16-12(18-13)15-10-6-7-20-9(3)8-10/h9-10H,4-8H2,1-3H3,(H3,14,15,16,17,18). The number of nitrogens with two attached hydrogens (primary N) is 1. The van der Waals surface area contributed by atoms with Crippen LogP contribution in [0.4, 0.5) is 17.8 Å². The molecule has 2 atom stereocenters. The molecule has 0 aromatic carbocycles. The molecule has 7 nitrogen and oxygen atoms in total. The molecule has 1 fully saturated rings. The summed E-state index contributed by atoms with van der Waals surface area (Å²) in [7, 11) is 0. The first kappa shape index (κ1) is 14.8. The fourth-order valence-corrected chi connectivity index (χ4v) is 2.40. The van der Waals surface area contributed by atoms with Crippen molar-refractivity contribution in [3.63, 3.8) is 0 Å². The first-order chi connectivity index (χ1) is 9.62. The van der Waals surface area contributed by atoms with Gasteiger partial charge in [-0.1, -0.05) is 0 Å². The maximum absolute atomic E-state index is 5.79. The summed E-state index contributed by atoms with van der Waals surface area (Å²) < 4.78 is 5.54. The van der Waals surface area contributed by atoms with Crippen LogP contribution in [0.5, 0.6) is 0 Å². The Balaban J connectivity index is 2.11. The van der Waals surface area contributed by atoms with Gasteiger partial charge in [-0.15, -0.1) is 0 Å². The van der Waals surface area contributed by atoms with E-state index >= 15 is 0 Å². The van der Waals surface area contributed by atoms with Crippen LogP contribution in [0.3, 0.4) is 0 Å². The highest BCUT2D eigenvalue weighted by Crippen LogP contribution is 2.18. The van der Waals surface area contributed by atoms with Crippen molar-refractivity contribution in [2.45, 2.75) is 45.8 Å². The van der Waals surface area contributed by atoms with E-state index in [2.05, 4.69) is 45.9 Å². The minimum absolute atomic E-state index is 0.254. The fraction of sp³-hybridized carbons (Fsp3) is 0.769. The monoisotopic (exact) mass is 280 g/mol. The van der Waals surface area contributed by atoms with Crippen molar-refractivity contribution in [3.05, 3.63) is 0 Å². The molecule has 1 aromatic heterocycles. The lowest BCUT2D eigenvalue weighted by molar-refractivity contribution is 0.0231. The molecule has 2 unspecified atom stereocenters. The average Bonchev–Trinajstić information content (AvgIpc) is 2.39. The van der Waals surface area contributed by atoms with Gasteiger partial charge in [-0.3, -0.25) is 0 Å². The van der Waals surface area contributed by atoms with E-state index in [1.54, 1.807) is 0 Å². The molecule has 20 heavy (non-hydrogen) atoms. The minimum Gasteiger partial charge on any atom is -0.378 e. The summed E-state index contributed by atoms with van der Waals surface area (Å²) in [5, 5.41) is 3.35. The second kappa shape index (κ2) is 6.69. The summed E-state index contributed by atoms with van der Waals surface area (Å²) in [5.74, 6) is 1.44. The number of rotatable bonds is 5. The lowest BCUT2D eigenvalue weighted by Gasteiger charge is -2.28. The second-order valence-corrected chi connectivity index (χ2v) is 5.04. The lowest BCUT2D eigenvalue weighted by atomic mass is 10.0. The highest BCUT2D eigenvalue weighted by molar-refractivity contribution is 5.42. The van der Waals surface area contributed by atoms with E-state index in [1.807, 2.05) is 0 Å². The van der Waals surface area contributed by atoms with Crippen LogP contribution in [0.1, 0.15) is 33.6 Å². The van der Waals surface area contributed by atoms with Crippen molar-refractivity contribution in [1.82, 2.24) is 15.0 Å². The molecule has 0 aliphatic carbocycles. The van der Waals surface area contributed by atoms with Crippen LogP contribution < -0.4 is 16.0 Å². The van der Waals surface area contributed by atoms with Crippen LogP contribution in [-0.2, 0) is 4.74 Å². The number of hydrogen-bond acceptors (Lipinski definition) is 7. The zero-order valence-electron chi connectivity index (χ0n) is 12.5. The third-order valence-electron chi connectivity index (χ3n) is 3.51. The number of nitrogen functional groups attached to an aromatic ring is 1. The van der Waals surface area contributed by atoms with Crippen LogP contribution in [0.25, 0.3) is 0 Å². The van der Waals surface area contributed by atoms with Gasteiger partial charge in [0.15, 0.2) is 0 Å². The van der Waals surface area contributed by atoms with Gasteiger partial charge in [0.25, 0.3) is 0 Å². The summed E-state index contributed by atoms with van der Waals surface area (Å²) in [5.41, 5.74) is 5.79. The Kier molecular flexibility index (Phi) is 4.94. The SMILES string of the molecule is CCN(CC)c1nc(N)nc(NC2CCOC(C)C2)n1. The Morgan fingerprint density at radius 3 is 2.70 bits per heavy atom. The second-order valence-electron chi connectivity index (χ2n) is 5.04. The van der Waals surface area contributed by atoms with E-state index in [4.69, 9.17) is 10.5 Å². The summed E-state index contributed by atoms with van der Waals surface area (Å²) in [6.45, 7) is 8.66. The van der Waals surface area contributed by atoms with Gasteiger partial charge in [0, 0.05) is 25.7 Å². The number of nitrogens with zero attached hydrogens (tertiary/aromatic N) is 4. The van der Waals surface area contributed by atoms with Crippen molar-refractivity contribution in [3.8, 4) is 0 Å². The molecule has 2 rings (SSSR count). The maximum Gasteiger partial charge on any atom is 0.231 e. The fourth-order valence-electron chi connectivity index (χ4n) is 2.40. The highest BCUT2D eigenvalue weighted by atomic mass is 16.5. The molecule has 0 saturated carbocycles. The Morgan fingerprint density at radius 2 is 2.05 bits per heavy atom. The third kappa shape index (κ3) is 3.69. The number of anilines is 3. The van der Waals surface area contributed by atoms with Gasteiger partial charge in [-0.2, -0.15) is 15.0 Å². The molecule has 7 heteroatoms. The van der Waals surface area contributed by atoms with Crippen molar-refractivity contribution >= 4 is 17.8 Å². The van der Waals surface area contributed by atoms with E-state index < -0.39 is 0 Å². The van der Waals surface area contributed by atoms with Crippen molar-refractivity contribution in [1.29, 1.82) is 0 Å². The Hall–Kier alpha value is -1.63. The van der Waals surface area contributed by atoms with Crippen LogP contribution in [0.15, 0.2) is 0 Å². The van der Waals surface area contributed by atoms with Crippen molar-refractivity contribution < 1.29 is 4.74 Å². The molecule has 2 heterocycles. The molecule has 0 amide bonds. The lowest BCUT2D eigenvalue weighted by Crippen LogP contribution is -2.33. The van der Waals surface area contributed by atoms with Crippen LogP contribution in [0, 0.1) is 0 Å². The molecular formula is C13H24N6O. The van der Waals surface area contributed by atoms with Gasteiger partial charge in [-0.25, -0.2) is 0 Å². The zero-order valence-corrected chi connectivity index (χ0v) is 12.5. The molecule has 1 aliphatic heterocycles. The van der Waals surface area contributed by atoms with Gasteiger partial charge in [0.1, 0.15) is 0 Å². The average molecular weight is 280 g/mol. The van der Waals surface area contributed by atoms with E-state index in [1.165, 1.54) is 0 Å². The van der Waals surface area contributed by atoms with Crippen molar-refractivity contribution in [2.75, 3.05) is 35.6 Å². The minimum atomic E-state index is 0.254. The molecule has 1 aromatic rings. The van der Waals surface area contributed by atoms with Crippen LogP contribution in [-0.4, -0.2) is 46.8 Å². The number of ether oxygens (including phenoxy) is 1. The molecular weight excluding hydrogens is 256 g/mol. The van der Waals surface area contributed by atoms with Crippen LogP contribution in [0.2, 0.25) is 0 Å². The number of aromatic nitrogens is 3. The maximum atomic E-state index is 5.79. The summed E-state index contributed by atoms with van der Waals surface area (Å²) in [6.07, 6.45) is 2.17. The third-order valence-corrected chi connectivity index (χ3v) is 3.51. The normalized spacial score (nSPS) is 22.6. The summed E-state index contributed by atoms with van der Waals surface area (Å²) in [6, 6.07) is 0.324. The number of nitrogens with one attached hydrogen (secondary N) is 1. The van der Waals surface area contributed by atoms with Crippen molar-refractivity contribution in [2.24, 2.45) is 0 Å². The van der Waals surface area contributed by atoms with E-state index in [-0.39, 0.29) is 12.1 Å². The Morgan fingerprint density at radius 1 is 1.30 bits per heavy atom. The predicted molar refractivity (Wildman–Crippen MR) is 79.9 cm³/mol. The van der Waals surface area contributed by atoms with Gasteiger partial charge >= 0.3 is 0 Å². The molecule has 1 aliphatic rings. The zero-order chi connectivity index (χ0) is 14.5. The highest BCUT2D eigenvalue weighted by Gasteiger charge is 2.20. The topological polar surface area (TPSA) is 89.2 Å². The quantitative estimate of drug-likeness (QED) is 0.839. The Bertz CT molecular complexity index is 437. The number of hydrogen-bond donors (Lipinski definition) is 2.